The summed E-state index contributed by atoms with van der Waals surface area (Å²) in [7, 11) is 0. The first-order chi connectivity index (χ1) is 10.6. The second-order valence-electron chi connectivity index (χ2n) is 5.54. The maximum absolute atomic E-state index is 13.5. The molecule has 1 amide bonds. The van der Waals surface area contributed by atoms with Crippen LogP contribution in [0.2, 0.25) is 0 Å². The number of carbonyl (C=O) groups is 1. The third-order valence-electron chi connectivity index (χ3n) is 3.73. The highest BCUT2D eigenvalue weighted by Crippen LogP contribution is 2.22. The Labute approximate surface area is 128 Å². The quantitative estimate of drug-likeness (QED) is 0.848. The number of carbonyl (C=O) groups excluding carboxylic acids is 1. The van der Waals surface area contributed by atoms with E-state index in [0.717, 1.165) is 0 Å². The van der Waals surface area contributed by atoms with E-state index in [-0.39, 0.29) is 29.5 Å². The molecule has 2 heterocycles. The number of rotatable bonds is 5. The topological polar surface area (TPSA) is 47.4 Å². The van der Waals surface area contributed by atoms with Crippen LogP contribution in [0.3, 0.4) is 0 Å². The molecule has 5 nitrogen and oxygen atoms in total. The summed E-state index contributed by atoms with van der Waals surface area (Å²) in [6.45, 7) is 3.43. The van der Waals surface area contributed by atoms with Gasteiger partial charge in [0.05, 0.1) is 25.6 Å². The molecular formula is C16H18FN3O2. The predicted octanol–water partition coefficient (Wildman–Crippen LogP) is 1.95. The molecule has 1 aromatic carbocycles. The van der Waals surface area contributed by atoms with E-state index in [1.54, 1.807) is 34.0 Å². The number of halogens is 1. The van der Waals surface area contributed by atoms with Crippen LogP contribution in [0.4, 0.5) is 4.39 Å². The van der Waals surface area contributed by atoms with Gasteiger partial charge in [0.25, 0.3) is 0 Å². The van der Waals surface area contributed by atoms with E-state index in [9.17, 15) is 9.18 Å². The molecule has 1 aliphatic heterocycles. The summed E-state index contributed by atoms with van der Waals surface area (Å²) in [5.74, 6) is -0.207. The van der Waals surface area contributed by atoms with Gasteiger partial charge in [-0.2, -0.15) is 5.10 Å². The van der Waals surface area contributed by atoms with Crippen LogP contribution in [0.15, 0.2) is 42.7 Å². The van der Waals surface area contributed by atoms with Crippen molar-refractivity contribution in [3.63, 3.8) is 0 Å². The number of ether oxygens (including phenoxy) is 1. The zero-order chi connectivity index (χ0) is 15.5. The van der Waals surface area contributed by atoms with Crippen molar-refractivity contribution in [2.75, 3.05) is 13.1 Å². The molecule has 2 aromatic rings. The Bertz CT molecular complexity index is 639. The first-order valence-corrected chi connectivity index (χ1v) is 7.31. The largest absolute Gasteiger partial charge is 0.484 e. The number of amides is 1. The smallest absolute Gasteiger partial charge is 0.227 e. The Morgan fingerprint density at radius 3 is 2.86 bits per heavy atom. The molecule has 116 valence electrons. The van der Waals surface area contributed by atoms with Crippen LogP contribution in [0.1, 0.15) is 6.92 Å². The van der Waals surface area contributed by atoms with Crippen molar-refractivity contribution in [3.05, 3.63) is 48.5 Å². The van der Waals surface area contributed by atoms with Crippen molar-refractivity contribution in [1.82, 2.24) is 14.7 Å². The van der Waals surface area contributed by atoms with E-state index in [2.05, 4.69) is 5.10 Å². The first kappa shape index (κ1) is 14.6. The third kappa shape index (κ3) is 3.10. The van der Waals surface area contributed by atoms with E-state index in [1.807, 2.05) is 19.2 Å². The summed E-state index contributed by atoms with van der Waals surface area (Å²) in [4.78, 5) is 14.0. The van der Waals surface area contributed by atoms with Gasteiger partial charge in [-0.15, -0.1) is 0 Å². The lowest BCUT2D eigenvalue weighted by Crippen LogP contribution is -2.57. The molecule has 0 N–H and O–H groups in total. The van der Waals surface area contributed by atoms with Gasteiger partial charge in [0.2, 0.25) is 5.91 Å². The standard InChI is InChI=1S/C16H18FN3O2/c1-12(9-20-8-4-7-18-20)16(21)19-10-13(11-19)22-15-6-3-2-5-14(15)17/h2-8,12-13H,9-11H2,1H3. The molecule has 0 saturated carbocycles. The van der Waals surface area contributed by atoms with E-state index in [1.165, 1.54) is 6.07 Å². The highest BCUT2D eigenvalue weighted by Gasteiger charge is 2.34. The number of para-hydroxylation sites is 1. The Morgan fingerprint density at radius 1 is 1.41 bits per heavy atom. The second kappa shape index (κ2) is 6.17. The van der Waals surface area contributed by atoms with Gasteiger partial charge in [-0.1, -0.05) is 19.1 Å². The van der Waals surface area contributed by atoms with Gasteiger partial charge in [0.15, 0.2) is 11.6 Å². The molecule has 6 heteroatoms. The molecule has 22 heavy (non-hydrogen) atoms. The summed E-state index contributed by atoms with van der Waals surface area (Å²) < 4.78 is 20.8. The maximum atomic E-state index is 13.5. The number of aromatic nitrogens is 2. The maximum Gasteiger partial charge on any atom is 0.227 e. The number of hydrogen-bond acceptors (Lipinski definition) is 3. The summed E-state index contributed by atoms with van der Waals surface area (Å²) >= 11 is 0. The second-order valence-corrected chi connectivity index (χ2v) is 5.54. The number of nitrogens with zero attached hydrogens (tertiary/aromatic N) is 3. The SMILES string of the molecule is CC(Cn1cccn1)C(=O)N1CC(Oc2ccccc2F)C1. The van der Waals surface area contributed by atoms with Crippen LogP contribution >= 0.6 is 0 Å². The molecule has 1 unspecified atom stereocenters. The van der Waals surface area contributed by atoms with E-state index < -0.39 is 0 Å². The molecule has 1 fully saturated rings. The summed E-state index contributed by atoms with van der Waals surface area (Å²) in [6.07, 6.45) is 3.39. The van der Waals surface area contributed by atoms with Gasteiger partial charge in [-0.25, -0.2) is 4.39 Å². The van der Waals surface area contributed by atoms with E-state index >= 15 is 0 Å². The van der Waals surface area contributed by atoms with Crippen molar-refractivity contribution >= 4 is 5.91 Å². The molecule has 0 aliphatic carbocycles. The minimum Gasteiger partial charge on any atom is -0.484 e. The Kier molecular flexibility index (Phi) is 4.09. The fourth-order valence-corrected chi connectivity index (χ4v) is 2.49. The van der Waals surface area contributed by atoms with Gasteiger partial charge in [0, 0.05) is 12.4 Å². The predicted molar refractivity (Wildman–Crippen MR) is 78.8 cm³/mol. The number of hydrogen-bond donors (Lipinski definition) is 0. The monoisotopic (exact) mass is 303 g/mol. The molecule has 0 bridgehead atoms. The summed E-state index contributed by atoms with van der Waals surface area (Å²) in [5.41, 5.74) is 0. The molecular weight excluding hydrogens is 285 g/mol. The zero-order valence-electron chi connectivity index (χ0n) is 12.4. The minimum absolute atomic E-state index is 0.0730. The number of benzene rings is 1. The van der Waals surface area contributed by atoms with E-state index in [0.29, 0.717) is 19.6 Å². The summed E-state index contributed by atoms with van der Waals surface area (Å²) in [6, 6.07) is 8.14. The fraction of sp³-hybridized carbons (Fsp3) is 0.375. The van der Waals surface area contributed by atoms with Crippen molar-refractivity contribution in [2.45, 2.75) is 19.6 Å². The average Bonchev–Trinajstić information content (AvgIpc) is 2.96. The number of likely N-dealkylation sites (tertiary alicyclic amines) is 1. The molecule has 1 aliphatic rings. The lowest BCUT2D eigenvalue weighted by atomic mass is 10.1. The molecule has 1 atom stereocenters. The lowest BCUT2D eigenvalue weighted by molar-refractivity contribution is -0.144. The van der Waals surface area contributed by atoms with Crippen LogP contribution < -0.4 is 4.74 Å². The Balaban J connectivity index is 1.48. The van der Waals surface area contributed by atoms with Gasteiger partial charge >= 0.3 is 0 Å². The van der Waals surface area contributed by atoms with Gasteiger partial charge < -0.3 is 9.64 Å². The van der Waals surface area contributed by atoms with Crippen molar-refractivity contribution in [1.29, 1.82) is 0 Å². The van der Waals surface area contributed by atoms with Crippen molar-refractivity contribution in [3.8, 4) is 5.75 Å². The van der Waals surface area contributed by atoms with Crippen LogP contribution in [-0.2, 0) is 11.3 Å². The molecule has 0 radical (unpaired) electrons. The lowest BCUT2D eigenvalue weighted by Gasteiger charge is -2.40. The Hall–Kier alpha value is -2.37. The molecule has 1 saturated heterocycles. The van der Waals surface area contributed by atoms with Crippen molar-refractivity contribution in [2.24, 2.45) is 5.92 Å². The third-order valence-corrected chi connectivity index (χ3v) is 3.73. The fourth-order valence-electron chi connectivity index (χ4n) is 2.49. The Morgan fingerprint density at radius 2 is 2.18 bits per heavy atom. The van der Waals surface area contributed by atoms with Gasteiger partial charge in [-0.05, 0) is 18.2 Å². The van der Waals surface area contributed by atoms with Gasteiger partial charge in [0.1, 0.15) is 6.10 Å². The normalized spacial score (nSPS) is 16.2. The zero-order valence-corrected chi connectivity index (χ0v) is 12.4. The van der Waals surface area contributed by atoms with Crippen LogP contribution in [0.5, 0.6) is 5.75 Å². The van der Waals surface area contributed by atoms with Crippen LogP contribution in [-0.4, -0.2) is 39.8 Å². The molecule has 3 rings (SSSR count). The van der Waals surface area contributed by atoms with Crippen LogP contribution in [0.25, 0.3) is 0 Å². The summed E-state index contributed by atoms with van der Waals surface area (Å²) in [5, 5.41) is 4.10. The van der Waals surface area contributed by atoms with Crippen LogP contribution in [0, 0.1) is 11.7 Å². The molecule has 1 aromatic heterocycles. The average molecular weight is 303 g/mol. The highest BCUT2D eigenvalue weighted by atomic mass is 19.1. The van der Waals surface area contributed by atoms with Crippen molar-refractivity contribution < 1.29 is 13.9 Å². The molecule has 0 spiro atoms. The first-order valence-electron chi connectivity index (χ1n) is 7.31. The van der Waals surface area contributed by atoms with Gasteiger partial charge in [-0.3, -0.25) is 9.48 Å². The highest BCUT2D eigenvalue weighted by molar-refractivity contribution is 5.79. The minimum atomic E-state index is -0.376. The van der Waals surface area contributed by atoms with E-state index in [4.69, 9.17) is 4.74 Å².